The van der Waals surface area contributed by atoms with Gasteiger partial charge in [0, 0.05) is 16.9 Å². The summed E-state index contributed by atoms with van der Waals surface area (Å²) in [5.41, 5.74) is 7.04. The smallest absolute Gasteiger partial charge is 0.234 e. The van der Waals surface area contributed by atoms with Gasteiger partial charge < -0.3 is 5.32 Å². The van der Waals surface area contributed by atoms with Gasteiger partial charge in [-0.05, 0) is 51.0 Å². The van der Waals surface area contributed by atoms with Crippen LogP contribution in [0.1, 0.15) is 22.4 Å². The van der Waals surface area contributed by atoms with Crippen LogP contribution < -0.4 is 5.32 Å². The van der Waals surface area contributed by atoms with Crippen molar-refractivity contribution in [2.75, 3.05) is 11.1 Å². The van der Waals surface area contributed by atoms with E-state index in [9.17, 15) is 4.79 Å². The van der Waals surface area contributed by atoms with Crippen LogP contribution in [0.3, 0.4) is 0 Å². The fourth-order valence-corrected chi connectivity index (χ4v) is 3.37. The zero-order valence-electron chi connectivity index (χ0n) is 16.0. The summed E-state index contributed by atoms with van der Waals surface area (Å²) in [6.07, 6.45) is 0. The highest BCUT2D eigenvalue weighted by atomic mass is 32.2. The maximum absolute atomic E-state index is 12.3. The minimum absolute atomic E-state index is 0.0595. The number of amides is 1. The molecule has 0 fully saturated rings. The Morgan fingerprint density at radius 1 is 0.926 bits per heavy atom. The van der Waals surface area contributed by atoms with Gasteiger partial charge in [-0.15, -0.1) is 0 Å². The quantitative estimate of drug-likeness (QED) is 0.496. The molecule has 2 aromatic carbocycles. The Labute approximate surface area is 164 Å². The number of nitrogens with zero attached hydrogens (tertiary/aromatic N) is 2. The lowest BCUT2D eigenvalue weighted by Crippen LogP contribution is -2.15. The van der Waals surface area contributed by atoms with Crippen LogP contribution in [0.25, 0.3) is 11.3 Å². The van der Waals surface area contributed by atoms with Crippen molar-refractivity contribution in [1.82, 2.24) is 9.97 Å². The number of rotatable bonds is 5. The van der Waals surface area contributed by atoms with Crippen molar-refractivity contribution in [3.05, 3.63) is 70.9 Å². The molecule has 0 aliphatic heterocycles. The van der Waals surface area contributed by atoms with E-state index in [1.807, 2.05) is 45.0 Å². The highest BCUT2D eigenvalue weighted by molar-refractivity contribution is 7.99. The lowest BCUT2D eigenvalue weighted by Gasteiger charge is -2.09. The molecule has 0 unspecified atom stereocenters. The summed E-state index contributed by atoms with van der Waals surface area (Å²) in [5.74, 6) is 0.208. The van der Waals surface area contributed by atoms with Gasteiger partial charge in [0.1, 0.15) is 0 Å². The van der Waals surface area contributed by atoms with Crippen molar-refractivity contribution in [3.8, 4) is 11.3 Å². The van der Waals surface area contributed by atoms with Gasteiger partial charge >= 0.3 is 0 Å². The Morgan fingerprint density at radius 3 is 2.37 bits per heavy atom. The summed E-state index contributed by atoms with van der Waals surface area (Å²) in [5, 5.41) is 3.59. The number of thioether (sulfide) groups is 1. The first-order chi connectivity index (χ1) is 12.9. The van der Waals surface area contributed by atoms with E-state index >= 15 is 0 Å². The molecule has 4 nitrogen and oxygen atoms in total. The summed E-state index contributed by atoms with van der Waals surface area (Å²) < 4.78 is 0. The Kier molecular flexibility index (Phi) is 5.91. The zero-order valence-corrected chi connectivity index (χ0v) is 16.9. The van der Waals surface area contributed by atoms with Crippen molar-refractivity contribution >= 4 is 23.4 Å². The number of carbonyl (C=O) groups excluding carboxylic acids is 1. The van der Waals surface area contributed by atoms with Crippen molar-refractivity contribution in [3.63, 3.8) is 0 Å². The first kappa shape index (κ1) is 19.1. The topological polar surface area (TPSA) is 54.9 Å². The SMILES string of the molecule is Cc1ccc(-c2cc(C)nc(SCC(=O)Nc3cc(C)ccc3C)n2)cc1. The van der Waals surface area contributed by atoms with Gasteiger partial charge in [0.2, 0.25) is 5.91 Å². The van der Waals surface area contributed by atoms with E-state index in [2.05, 4.69) is 46.5 Å². The molecule has 0 aliphatic carbocycles. The molecule has 3 rings (SSSR count). The second-order valence-corrected chi connectivity index (χ2v) is 7.64. The van der Waals surface area contributed by atoms with Gasteiger partial charge in [-0.25, -0.2) is 9.97 Å². The number of hydrogen-bond donors (Lipinski definition) is 1. The molecular formula is C22H23N3OS. The highest BCUT2D eigenvalue weighted by Gasteiger charge is 2.10. The third kappa shape index (κ3) is 5.17. The molecule has 0 saturated heterocycles. The zero-order chi connectivity index (χ0) is 19.4. The second kappa shape index (κ2) is 8.35. The normalized spacial score (nSPS) is 10.7. The van der Waals surface area contributed by atoms with Crippen LogP contribution in [-0.2, 0) is 4.79 Å². The van der Waals surface area contributed by atoms with Crippen molar-refractivity contribution < 1.29 is 4.79 Å². The number of benzene rings is 2. The van der Waals surface area contributed by atoms with Crippen LogP contribution in [0.2, 0.25) is 0 Å². The average molecular weight is 378 g/mol. The van der Waals surface area contributed by atoms with Crippen molar-refractivity contribution in [2.24, 2.45) is 0 Å². The van der Waals surface area contributed by atoms with E-state index in [-0.39, 0.29) is 11.7 Å². The molecule has 1 N–H and O–H groups in total. The number of aryl methyl sites for hydroxylation is 4. The fourth-order valence-electron chi connectivity index (χ4n) is 2.66. The lowest BCUT2D eigenvalue weighted by molar-refractivity contribution is -0.113. The van der Waals surface area contributed by atoms with Crippen molar-refractivity contribution in [2.45, 2.75) is 32.9 Å². The van der Waals surface area contributed by atoms with E-state index < -0.39 is 0 Å². The van der Waals surface area contributed by atoms with Gasteiger partial charge in [0.15, 0.2) is 5.16 Å². The Bertz CT molecular complexity index is 968. The first-order valence-electron chi connectivity index (χ1n) is 8.83. The third-order valence-corrected chi connectivity index (χ3v) is 5.03. The Morgan fingerprint density at radius 2 is 1.63 bits per heavy atom. The Balaban J connectivity index is 1.69. The van der Waals surface area contributed by atoms with Gasteiger partial charge in [-0.1, -0.05) is 53.7 Å². The van der Waals surface area contributed by atoms with Crippen LogP contribution in [0.5, 0.6) is 0 Å². The standard InChI is InChI=1S/C22H23N3OS/c1-14-6-9-18(10-7-14)20-12-17(4)23-22(25-20)27-13-21(26)24-19-11-15(2)5-8-16(19)3/h5-12H,13H2,1-4H3,(H,24,26). The summed E-state index contributed by atoms with van der Waals surface area (Å²) >= 11 is 1.35. The van der Waals surface area contributed by atoms with E-state index in [4.69, 9.17) is 0 Å². The van der Waals surface area contributed by atoms with Gasteiger partial charge in [-0.2, -0.15) is 0 Å². The molecule has 0 radical (unpaired) electrons. The molecule has 3 aromatic rings. The lowest BCUT2D eigenvalue weighted by atomic mass is 10.1. The van der Waals surface area contributed by atoms with E-state index in [0.29, 0.717) is 5.16 Å². The molecule has 0 spiro atoms. The average Bonchev–Trinajstić information content (AvgIpc) is 2.63. The molecule has 1 amide bonds. The predicted octanol–water partition coefficient (Wildman–Crippen LogP) is 5.11. The molecular weight excluding hydrogens is 354 g/mol. The fraction of sp³-hybridized carbons (Fsp3) is 0.227. The molecule has 1 heterocycles. The number of carbonyl (C=O) groups is 1. The van der Waals surface area contributed by atoms with E-state index in [1.165, 1.54) is 17.3 Å². The van der Waals surface area contributed by atoms with Gasteiger partial charge in [-0.3, -0.25) is 4.79 Å². The summed E-state index contributed by atoms with van der Waals surface area (Å²) in [7, 11) is 0. The summed E-state index contributed by atoms with van der Waals surface area (Å²) in [6, 6.07) is 16.2. The number of aromatic nitrogens is 2. The summed E-state index contributed by atoms with van der Waals surface area (Å²) in [4.78, 5) is 21.4. The minimum Gasteiger partial charge on any atom is -0.325 e. The molecule has 1 aromatic heterocycles. The second-order valence-electron chi connectivity index (χ2n) is 6.70. The number of anilines is 1. The van der Waals surface area contributed by atoms with Crippen LogP contribution in [0, 0.1) is 27.7 Å². The summed E-state index contributed by atoms with van der Waals surface area (Å²) in [6.45, 7) is 8.00. The van der Waals surface area contributed by atoms with Gasteiger partial charge in [0.05, 0.1) is 11.4 Å². The minimum atomic E-state index is -0.0595. The molecule has 5 heteroatoms. The monoisotopic (exact) mass is 377 g/mol. The van der Waals surface area contributed by atoms with Crippen LogP contribution >= 0.6 is 11.8 Å². The van der Waals surface area contributed by atoms with Gasteiger partial charge in [0.25, 0.3) is 0 Å². The van der Waals surface area contributed by atoms with Crippen LogP contribution in [0.4, 0.5) is 5.69 Å². The largest absolute Gasteiger partial charge is 0.325 e. The van der Waals surface area contributed by atoms with Crippen LogP contribution in [-0.4, -0.2) is 21.6 Å². The van der Waals surface area contributed by atoms with E-state index in [0.717, 1.165) is 33.8 Å². The molecule has 138 valence electrons. The van der Waals surface area contributed by atoms with E-state index in [1.54, 1.807) is 0 Å². The molecule has 0 bridgehead atoms. The predicted molar refractivity (Wildman–Crippen MR) is 112 cm³/mol. The molecule has 0 aliphatic rings. The maximum atomic E-state index is 12.3. The molecule has 0 saturated carbocycles. The van der Waals surface area contributed by atoms with Crippen LogP contribution in [0.15, 0.2) is 53.7 Å². The first-order valence-corrected chi connectivity index (χ1v) is 9.82. The molecule has 0 atom stereocenters. The number of nitrogens with one attached hydrogen (secondary N) is 1. The Hall–Kier alpha value is -2.66. The third-order valence-electron chi connectivity index (χ3n) is 4.18. The highest BCUT2D eigenvalue weighted by Crippen LogP contribution is 2.23. The van der Waals surface area contributed by atoms with Crippen molar-refractivity contribution in [1.29, 1.82) is 0 Å². The number of hydrogen-bond acceptors (Lipinski definition) is 4. The molecule has 27 heavy (non-hydrogen) atoms. The maximum Gasteiger partial charge on any atom is 0.234 e.